The molecule has 0 bridgehead atoms. The van der Waals surface area contributed by atoms with E-state index >= 15 is 0 Å². The summed E-state index contributed by atoms with van der Waals surface area (Å²) in [5.41, 5.74) is 2.10. The minimum Gasteiger partial charge on any atom is -0.497 e. The summed E-state index contributed by atoms with van der Waals surface area (Å²) in [4.78, 5) is 46.2. The topological polar surface area (TPSA) is 72.9 Å². The zero-order chi connectivity index (χ0) is 28.3. The van der Waals surface area contributed by atoms with Crippen molar-refractivity contribution in [2.24, 2.45) is 5.41 Å². The second-order valence-electron chi connectivity index (χ2n) is 10.6. The van der Waals surface area contributed by atoms with Gasteiger partial charge in [0, 0.05) is 28.3 Å². The Bertz CT molecular complexity index is 1740. The van der Waals surface area contributed by atoms with E-state index in [1.807, 2.05) is 65.6 Å². The molecule has 41 heavy (non-hydrogen) atoms. The van der Waals surface area contributed by atoms with Crippen molar-refractivity contribution < 1.29 is 23.9 Å². The molecule has 1 saturated heterocycles. The van der Waals surface area contributed by atoms with Crippen molar-refractivity contribution in [2.75, 3.05) is 19.1 Å². The Kier molecular flexibility index (Phi) is 5.68. The number of nitrogens with zero attached hydrogens (tertiary/aromatic N) is 1. The van der Waals surface area contributed by atoms with Gasteiger partial charge in [0.25, 0.3) is 0 Å². The summed E-state index contributed by atoms with van der Waals surface area (Å²) in [6.07, 6.45) is 3.89. The van der Waals surface area contributed by atoms with Crippen LogP contribution in [0.25, 0.3) is 6.08 Å². The molecule has 0 N–H and O–H groups in total. The fourth-order valence-electron chi connectivity index (χ4n) is 7.07. The lowest BCUT2D eigenvalue weighted by molar-refractivity contribution is 0.0665. The van der Waals surface area contributed by atoms with Gasteiger partial charge in [-0.3, -0.25) is 14.4 Å². The molecule has 3 unspecified atom stereocenters. The summed E-state index contributed by atoms with van der Waals surface area (Å²) >= 11 is 0. The first kappa shape index (κ1) is 25.0. The number of fused-ring (bicyclic) bond motifs is 5. The number of anilines is 1. The second kappa shape index (κ2) is 9.30. The Morgan fingerprint density at radius 3 is 2.10 bits per heavy atom. The van der Waals surface area contributed by atoms with Gasteiger partial charge in [-0.15, -0.1) is 0 Å². The van der Waals surface area contributed by atoms with E-state index in [1.54, 1.807) is 62.8 Å². The number of carbonyl (C=O) groups is 3. The van der Waals surface area contributed by atoms with Crippen LogP contribution in [0.5, 0.6) is 11.5 Å². The van der Waals surface area contributed by atoms with Crippen LogP contribution in [0.3, 0.4) is 0 Å². The van der Waals surface area contributed by atoms with Crippen LogP contribution in [0.4, 0.5) is 5.69 Å². The molecule has 0 radical (unpaired) electrons. The van der Waals surface area contributed by atoms with Crippen molar-refractivity contribution in [1.82, 2.24) is 0 Å². The van der Waals surface area contributed by atoms with Crippen LogP contribution < -0.4 is 14.4 Å². The summed E-state index contributed by atoms with van der Waals surface area (Å²) in [6, 6.07) is 27.7. The number of hydrogen-bond donors (Lipinski definition) is 0. The maximum absolute atomic E-state index is 14.8. The SMILES string of the molecule is COc1cccc(C(=O)C2C(c3cccc(OC)c3)C3(C(=O)c4ccccc4C3=O)C3C=Cc4ccccc4N23)c1. The molecule has 1 spiro atoms. The fraction of sp³-hybridized carbons (Fsp3) is 0.171. The fourth-order valence-corrected chi connectivity index (χ4v) is 7.07. The lowest BCUT2D eigenvalue weighted by Gasteiger charge is -2.37. The van der Waals surface area contributed by atoms with E-state index in [-0.39, 0.29) is 17.3 Å². The predicted octanol–water partition coefficient (Wildman–Crippen LogP) is 6.02. The highest BCUT2D eigenvalue weighted by atomic mass is 16.5. The molecule has 6 nitrogen and oxygen atoms in total. The zero-order valence-electron chi connectivity index (χ0n) is 22.6. The first-order chi connectivity index (χ1) is 20.0. The molecule has 3 atom stereocenters. The molecule has 4 aromatic rings. The molecular weight excluding hydrogens is 514 g/mol. The summed E-state index contributed by atoms with van der Waals surface area (Å²) in [5.74, 6) is -0.375. The number of methoxy groups -OCH3 is 2. The van der Waals surface area contributed by atoms with Crippen molar-refractivity contribution in [2.45, 2.75) is 18.0 Å². The van der Waals surface area contributed by atoms with Gasteiger partial charge in [-0.2, -0.15) is 0 Å². The van der Waals surface area contributed by atoms with E-state index in [0.29, 0.717) is 33.8 Å². The minimum atomic E-state index is -1.56. The normalized spacial score (nSPS) is 21.4. The van der Waals surface area contributed by atoms with Gasteiger partial charge < -0.3 is 14.4 Å². The van der Waals surface area contributed by atoms with E-state index in [9.17, 15) is 14.4 Å². The monoisotopic (exact) mass is 541 g/mol. The van der Waals surface area contributed by atoms with Gasteiger partial charge in [-0.05, 0) is 41.5 Å². The highest BCUT2D eigenvalue weighted by Crippen LogP contribution is 2.61. The van der Waals surface area contributed by atoms with Gasteiger partial charge in [0.2, 0.25) is 0 Å². The van der Waals surface area contributed by atoms with Crippen LogP contribution in [-0.2, 0) is 0 Å². The third-order valence-corrected chi connectivity index (χ3v) is 8.79. The molecule has 7 rings (SSSR count). The Labute approximate surface area is 237 Å². The molecule has 1 fully saturated rings. The maximum Gasteiger partial charge on any atom is 0.186 e. The quantitative estimate of drug-likeness (QED) is 0.227. The standard InChI is InChI=1S/C35H27NO5/c1-40-24-12-7-10-22(19-24)30-31(32(37)23-11-8-13-25(20-23)41-2)36-28-16-6-3-9-21(28)17-18-29(36)35(30)33(38)26-14-4-5-15-27(26)34(35)39/h3-20,29-31H,1-2H3. The van der Waals surface area contributed by atoms with Gasteiger partial charge >= 0.3 is 0 Å². The third-order valence-electron chi connectivity index (χ3n) is 8.79. The third kappa shape index (κ3) is 3.40. The van der Waals surface area contributed by atoms with Gasteiger partial charge in [0.15, 0.2) is 17.3 Å². The Morgan fingerprint density at radius 1 is 0.756 bits per heavy atom. The summed E-state index contributed by atoms with van der Waals surface area (Å²) in [6.45, 7) is 0. The zero-order valence-corrected chi connectivity index (χ0v) is 22.6. The smallest absolute Gasteiger partial charge is 0.186 e. The summed E-state index contributed by atoms with van der Waals surface area (Å²) in [5, 5.41) is 0. The molecule has 6 heteroatoms. The first-order valence-corrected chi connectivity index (χ1v) is 13.6. The first-order valence-electron chi connectivity index (χ1n) is 13.6. The second-order valence-corrected chi connectivity index (χ2v) is 10.6. The van der Waals surface area contributed by atoms with Crippen molar-refractivity contribution in [3.05, 3.63) is 131 Å². The van der Waals surface area contributed by atoms with Crippen LogP contribution in [-0.4, -0.2) is 43.7 Å². The maximum atomic E-state index is 14.8. The molecule has 0 saturated carbocycles. The highest BCUT2D eigenvalue weighted by molar-refractivity contribution is 6.32. The molecule has 2 aliphatic heterocycles. The molecule has 0 amide bonds. The van der Waals surface area contributed by atoms with E-state index in [2.05, 4.69) is 0 Å². The van der Waals surface area contributed by atoms with Gasteiger partial charge in [-0.1, -0.05) is 78.9 Å². The largest absolute Gasteiger partial charge is 0.497 e. The molecule has 3 aliphatic rings. The van der Waals surface area contributed by atoms with Crippen molar-refractivity contribution in [1.29, 1.82) is 0 Å². The highest BCUT2D eigenvalue weighted by Gasteiger charge is 2.71. The molecule has 202 valence electrons. The van der Waals surface area contributed by atoms with Crippen LogP contribution in [0, 0.1) is 5.41 Å². The van der Waals surface area contributed by atoms with E-state index in [4.69, 9.17) is 9.47 Å². The van der Waals surface area contributed by atoms with Gasteiger partial charge in [0.1, 0.15) is 23.0 Å². The number of hydrogen-bond acceptors (Lipinski definition) is 6. The summed E-state index contributed by atoms with van der Waals surface area (Å²) in [7, 11) is 3.13. The van der Waals surface area contributed by atoms with E-state index in [1.165, 1.54) is 0 Å². The minimum absolute atomic E-state index is 0.194. The number of ether oxygens (including phenoxy) is 2. The number of ketones is 3. The number of carbonyl (C=O) groups excluding carboxylic acids is 3. The van der Waals surface area contributed by atoms with Crippen molar-refractivity contribution in [3.63, 3.8) is 0 Å². The van der Waals surface area contributed by atoms with Crippen LogP contribution in [0.15, 0.2) is 103 Å². The van der Waals surface area contributed by atoms with Crippen molar-refractivity contribution in [3.8, 4) is 11.5 Å². The average Bonchev–Trinajstić information content (AvgIpc) is 3.47. The molecule has 0 aromatic heterocycles. The van der Waals surface area contributed by atoms with Crippen LogP contribution in [0.1, 0.15) is 48.1 Å². The number of para-hydroxylation sites is 1. The van der Waals surface area contributed by atoms with E-state index in [0.717, 1.165) is 11.3 Å². The van der Waals surface area contributed by atoms with Gasteiger partial charge in [0.05, 0.1) is 20.3 Å². The average molecular weight is 542 g/mol. The van der Waals surface area contributed by atoms with E-state index < -0.39 is 23.4 Å². The molecule has 4 aromatic carbocycles. The summed E-state index contributed by atoms with van der Waals surface area (Å²) < 4.78 is 11.0. The lowest BCUT2D eigenvalue weighted by Crippen LogP contribution is -2.48. The van der Waals surface area contributed by atoms with Crippen LogP contribution in [0.2, 0.25) is 0 Å². The van der Waals surface area contributed by atoms with Gasteiger partial charge in [-0.25, -0.2) is 0 Å². The Morgan fingerprint density at radius 2 is 1.39 bits per heavy atom. The van der Waals surface area contributed by atoms with Crippen molar-refractivity contribution >= 4 is 29.1 Å². The predicted molar refractivity (Wildman–Crippen MR) is 156 cm³/mol. The Balaban J connectivity index is 1.55. The lowest BCUT2D eigenvalue weighted by atomic mass is 9.64. The van der Waals surface area contributed by atoms with Crippen LogP contribution >= 0.6 is 0 Å². The number of benzene rings is 4. The number of Topliss-reactive ketones (excluding diaryl/α,β-unsaturated/α-hetero) is 3. The number of rotatable bonds is 5. The molecular formula is C35H27NO5. The Hall–Kier alpha value is -4.97. The molecule has 1 aliphatic carbocycles. The molecule has 2 heterocycles.